The summed E-state index contributed by atoms with van der Waals surface area (Å²) in [7, 11) is 0. The lowest BCUT2D eigenvalue weighted by Crippen LogP contribution is -1.99. The fraction of sp³-hybridized carbons (Fsp3) is 0.200. The van der Waals surface area contributed by atoms with Crippen molar-refractivity contribution in [1.29, 1.82) is 5.26 Å². The van der Waals surface area contributed by atoms with Crippen molar-refractivity contribution in [1.82, 2.24) is 9.97 Å². The molecule has 0 N–H and O–H groups in total. The van der Waals surface area contributed by atoms with E-state index in [0.29, 0.717) is 24.2 Å². The predicted molar refractivity (Wildman–Crippen MR) is 78.6 cm³/mol. The Bertz CT molecular complexity index is 672. The number of benzene rings is 1. The summed E-state index contributed by atoms with van der Waals surface area (Å²) in [4.78, 5) is 19.6. The Balaban J connectivity index is 2.49. The van der Waals surface area contributed by atoms with Gasteiger partial charge < -0.3 is 4.79 Å². The molecular formula is C15H13N3OS. The Hall–Kier alpha value is -2.19. The van der Waals surface area contributed by atoms with Gasteiger partial charge in [-0.3, -0.25) is 0 Å². The Kier molecular flexibility index (Phi) is 4.49. The zero-order valence-electron chi connectivity index (χ0n) is 11.0. The topological polar surface area (TPSA) is 66.6 Å². The molecule has 0 saturated carbocycles. The first-order valence-corrected chi connectivity index (χ1v) is 6.60. The molecule has 1 aromatic heterocycles. The minimum Gasteiger partial charge on any atom is -0.303 e. The summed E-state index contributed by atoms with van der Waals surface area (Å²) in [6, 6.07) is 9.59. The molecule has 5 heteroatoms. The van der Waals surface area contributed by atoms with E-state index in [-0.39, 0.29) is 5.82 Å². The molecule has 0 aliphatic heterocycles. The van der Waals surface area contributed by atoms with Crippen LogP contribution < -0.4 is 0 Å². The largest absolute Gasteiger partial charge is 0.303 e. The molecule has 0 unspecified atom stereocenters. The van der Waals surface area contributed by atoms with Crippen LogP contribution in [0.15, 0.2) is 29.2 Å². The Labute approximate surface area is 122 Å². The zero-order valence-corrected chi connectivity index (χ0v) is 11.9. The molecule has 100 valence electrons. The minimum atomic E-state index is 0.116. The summed E-state index contributed by atoms with van der Waals surface area (Å²) < 4.78 is 0. The number of nitriles is 1. The van der Waals surface area contributed by atoms with Gasteiger partial charge in [0.25, 0.3) is 0 Å². The number of carbonyl (C=O) groups is 1. The third kappa shape index (κ3) is 3.43. The maximum Gasteiger partial charge on any atom is 0.232 e. The van der Waals surface area contributed by atoms with E-state index in [1.165, 1.54) is 0 Å². The van der Waals surface area contributed by atoms with Crippen molar-refractivity contribution in [2.75, 3.05) is 0 Å². The molecule has 1 aromatic carbocycles. The number of hydrogen-bond acceptors (Lipinski definition) is 5. The summed E-state index contributed by atoms with van der Waals surface area (Å²) in [6.45, 7) is 1.98. The van der Waals surface area contributed by atoms with Crippen LogP contribution >= 0.6 is 12.6 Å². The molecular weight excluding hydrogens is 270 g/mol. The highest BCUT2D eigenvalue weighted by Crippen LogP contribution is 2.23. The lowest BCUT2D eigenvalue weighted by atomic mass is 10.1. The molecule has 0 saturated heterocycles. The van der Waals surface area contributed by atoms with Crippen molar-refractivity contribution >= 4 is 18.9 Å². The van der Waals surface area contributed by atoms with Crippen LogP contribution in [0.2, 0.25) is 0 Å². The average molecular weight is 283 g/mol. The van der Waals surface area contributed by atoms with Crippen molar-refractivity contribution in [3.8, 4) is 17.3 Å². The van der Waals surface area contributed by atoms with Crippen molar-refractivity contribution < 1.29 is 4.79 Å². The van der Waals surface area contributed by atoms with Crippen LogP contribution in [-0.4, -0.2) is 16.3 Å². The minimum absolute atomic E-state index is 0.116. The van der Waals surface area contributed by atoms with Gasteiger partial charge in [0.05, 0.1) is 5.69 Å². The van der Waals surface area contributed by atoms with Gasteiger partial charge in [0.15, 0.2) is 0 Å². The Morgan fingerprint density at radius 3 is 2.75 bits per heavy atom. The summed E-state index contributed by atoms with van der Waals surface area (Å²) in [5.74, 6) is 0.116. The van der Waals surface area contributed by atoms with Crippen molar-refractivity contribution in [3.63, 3.8) is 0 Å². The molecule has 1 heterocycles. The molecule has 0 atom stereocenters. The first-order valence-electron chi connectivity index (χ1n) is 6.15. The number of nitrogens with zero attached hydrogens (tertiary/aromatic N) is 3. The van der Waals surface area contributed by atoms with Crippen LogP contribution in [0.4, 0.5) is 0 Å². The van der Waals surface area contributed by atoms with E-state index in [0.717, 1.165) is 22.3 Å². The van der Waals surface area contributed by atoms with Gasteiger partial charge in [0.2, 0.25) is 5.82 Å². The second-order valence-corrected chi connectivity index (χ2v) is 4.96. The van der Waals surface area contributed by atoms with Crippen LogP contribution in [0, 0.1) is 18.3 Å². The smallest absolute Gasteiger partial charge is 0.232 e. The maximum atomic E-state index is 10.5. The molecule has 0 amide bonds. The van der Waals surface area contributed by atoms with E-state index in [9.17, 15) is 4.79 Å². The quantitative estimate of drug-likeness (QED) is 0.692. The fourth-order valence-corrected chi connectivity index (χ4v) is 2.28. The lowest BCUT2D eigenvalue weighted by molar-refractivity contribution is -0.107. The van der Waals surface area contributed by atoms with Crippen LogP contribution in [0.25, 0.3) is 11.3 Å². The lowest BCUT2D eigenvalue weighted by Gasteiger charge is -2.06. The molecule has 0 bridgehead atoms. The summed E-state index contributed by atoms with van der Waals surface area (Å²) in [5, 5.41) is 9.01. The summed E-state index contributed by atoms with van der Waals surface area (Å²) >= 11 is 4.35. The molecule has 20 heavy (non-hydrogen) atoms. The van der Waals surface area contributed by atoms with E-state index < -0.39 is 0 Å². The van der Waals surface area contributed by atoms with Crippen molar-refractivity contribution in [2.45, 2.75) is 24.7 Å². The van der Waals surface area contributed by atoms with E-state index in [1.807, 2.05) is 37.3 Å². The van der Waals surface area contributed by atoms with E-state index in [2.05, 4.69) is 22.6 Å². The molecule has 0 aliphatic rings. The molecule has 0 spiro atoms. The molecule has 2 rings (SSSR count). The average Bonchev–Trinajstić information content (AvgIpc) is 2.43. The van der Waals surface area contributed by atoms with E-state index in [4.69, 9.17) is 5.26 Å². The van der Waals surface area contributed by atoms with E-state index >= 15 is 0 Å². The van der Waals surface area contributed by atoms with Gasteiger partial charge in [-0.1, -0.05) is 0 Å². The predicted octanol–water partition coefficient (Wildman–Crippen LogP) is 2.74. The first-order chi connectivity index (χ1) is 9.62. The van der Waals surface area contributed by atoms with Crippen LogP contribution in [0.3, 0.4) is 0 Å². The second kappa shape index (κ2) is 6.31. The van der Waals surface area contributed by atoms with Crippen LogP contribution in [0.5, 0.6) is 0 Å². The SMILES string of the molecule is Cc1cc(S)cc(-c2cc(CCC=O)nc(C#N)n2)c1. The highest BCUT2D eigenvalue weighted by molar-refractivity contribution is 7.80. The normalized spacial score (nSPS) is 10.1. The van der Waals surface area contributed by atoms with Gasteiger partial charge in [0.1, 0.15) is 12.4 Å². The Morgan fingerprint density at radius 1 is 1.30 bits per heavy atom. The molecule has 4 nitrogen and oxygen atoms in total. The van der Waals surface area contributed by atoms with Gasteiger partial charge >= 0.3 is 0 Å². The summed E-state index contributed by atoms with van der Waals surface area (Å²) in [5.41, 5.74) is 3.33. The van der Waals surface area contributed by atoms with Gasteiger partial charge in [-0.05, 0) is 43.2 Å². The van der Waals surface area contributed by atoms with Gasteiger partial charge in [-0.15, -0.1) is 12.6 Å². The Morgan fingerprint density at radius 2 is 2.10 bits per heavy atom. The number of hydrogen-bond donors (Lipinski definition) is 1. The number of aryl methyl sites for hydroxylation is 2. The molecule has 0 fully saturated rings. The van der Waals surface area contributed by atoms with Gasteiger partial charge in [0, 0.05) is 22.6 Å². The number of carbonyl (C=O) groups excluding carboxylic acids is 1. The van der Waals surface area contributed by atoms with Gasteiger partial charge in [-0.2, -0.15) is 5.26 Å². The fourth-order valence-electron chi connectivity index (χ4n) is 1.94. The summed E-state index contributed by atoms with van der Waals surface area (Å²) in [6.07, 6.45) is 1.73. The monoisotopic (exact) mass is 283 g/mol. The maximum absolute atomic E-state index is 10.5. The van der Waals surface area contributed by atoms with Crippen LogP contribution in [0.1, 0.15) is 23.5 Å². The zero-order chi connectivity index (χ0) is 14.5. The van der Waals surface area contributed by atoms with E-state index in [1.54, 1.807) is 0 Å². The van der Waals surface area contributed by atoms with Crippen molar-refractivity contribution in [3.05, 3.63) is 41.3 Å². The third-order valence-corrected chi connectivity index (χ3v) is 3.01. The third-order valence-electron chi connectivity index (χ3n) is 2.76. The standard InChI is InChI=1S/C15H13N3OS/c1-10-5-11(7-13(20)6-10)14-8-12(3-2-4-19)17-15(9-16)18-14/h4-8,20H,2-3H2,1H3. The molecule has 0 radical (unpaired) electrons. The molecule has 2 aromatic rings. The number of aldehydes is 1. The first kappa shape index (κ1) is 14.2. The number of aromatic nitrogens is 2. The molecule has 0 aliphatic carbocycles. The number of rotatable bonds is 4. The van der Waals surface area contributed by atoms with Crippen LogP contribution in [-0.2, 0) is 11.2 Å². The van der Waals surface area contributed by atoms with Gasteiger partial charge in [-0.25, -0.2) is 9.97 Å². The second-order valence-electron chi connectivity index (χ2n) is 4.44. The van der Waals surface area contributed by atoms with Crippen molar-refractivity contribution in [2.24, 2.45) is 0 Å². The highest BCUT2D eigenvalue weighted by atomic mass is 32.1. The number of thiol groups is 1. The highest BCUT2D eigenvalue weighted by Gasteiger charge is 2.07.